The summed E-state index contributed by atoms with van der Waals surface area (Å²) in [5.74, 6) is 0.336. The van der Waals surface area contributed by atoms with E-state index in [1.165, 1.54) is 51.4 Å². The van der Waals surface area contributed by atoms with E-state index in [9.17, 15) is 5.11 Å². The largest absolute Gasteiger partial charge is 1.00 e. The second kappa shape index (κ2) is 12.8. The van der Waals surface area contributed by atoms with Crippen LogP contribution in [0.5, 0.6) is 0 Å². The van der Waals surface area contributed by atoms with Crippen LogP contribution in [0.15, 0.2) is 12.5 Å². The fraction of sp³-hybridized carbons (Fsp3) is 0.875. The molecule has 0 bridgehead atoms. The molecule has 0 rings (SSSR count). The molecular weight excluding hydrogens is 258 g/mol. The molecule has 19 heavy (non-hydrogen) atoms. The third-order valence-electron chi connectivity index (χ3n) is 4.20. The number of aliphatic hydroxyl groups excluding tert-OH is 1. The maximum absolute atomic E-state index is 9.74. The van der Waals surface area contributed by atoms with Crippen molar-refractivity contribution in [2.45, 2.75) is 72.1 Å². The Hall–Kier alpha value is -0.210. The number of quaternary nitrogens is 1. The molecule has 0 atom stereocenters. The first kappa shape index (κ1) is 21.1. The Morgan fingerprint density at radius 2 is 1.26 bits per heavy atom. The highest BCUT2D eigenvalue weighted by molar-refractivity contribution is 4.67. The third kappa shape index (κ3) is 8.54. The first-order chi connectivity index (χ1) is 8.63. The standard InChI is InChI=1S/C16H33NO.ClH/c1-5-8-9-10-11-12-13-14-15-17(6-2,7-3)16(4)18;/h4-15H2,1-3H3;1H. The van der Waals surface area contributed by atoms with Crippen LogP contribution in [0.1, 0.15) is 72.1 Å². The van der Waals surface area contributed by atoms with E-state index in [2.05, 4.69) is 27.4 Å². The maximum Gasteiger partial charge on any atom is 0.281 e. The fourth-order valence-corrected chi connectivity index (χ4v) is 2.58. The average molecular weight is 292 g/mol. The zero-order valence-corrected chi connectivity index (χ0v) is 14.0. The van der Waals surface area contributed by atoms with E-state index in [1.807, 2.05) is 0 Å². The van der Waals surface area contributed by atoms with Crippen LogP contribution in [0.2, 0.25) is 0 Å². The minimum absolute atomic E-state index is 0. The van der Waals surface area contributed by atoms with Crippen LogP contribution >= 0.6 is 0 Å². The lowest BCUT2D eigenvalue weighted by Gasteiger charge is -2.34. The van der Waals surface area contributed by atoms with Gasteiger partial charge >= 0.3 is 0 Å². The molecule has 0 amide bonds. The lowest BCUT2D eigenvalue weighted by Crippen LogP contribution is -3.00. The zero-order valence-electron chi connectivity index (χ0n) is 13.3. The molecule has 0 aliphatic carbocycles. The monoisotopic (exact) mass is 291 g/mol. The van der Waals surface area contributed by atoms with Crippen molar-refractivity contribution >= 4 is 0 Å². The molecule has 0 aromatic carbocycles. The van der Waals surface area contributed by atoms with E-state index in [0.29, 0.717) is 10.4 Å². The summed E-state index contributed by atoms with van der Waals surface area (Å²) in [5.41, 5.74) is 0. The van der Waals surface area contributed by atoms with Gasteiger partial charge in [0.1, 0.15) is 0 Å². The van der Waals surface area contributed by atoms with E-state index in [1.54, 1.807) is 0 Å². The van der Waals surface area contributed by atoms with E-state index in [-0.39, 0.29) is 12.4 Å². The first-order valence-corrected chi connectivity index (χ1v) is 7.87. The molecule has 0 aromatic rings. The highest BCUT2D eigenvalue weighted by Gasteiger charge is 2.26. The van der Waals surface area contributed by atoms with Crippen LogP contribution in [-0.4, -0.2) is 29.2 Å². The van der Waals surface area contributed by atoms with E-state index >= 15 is 0 Å². The molecule has 0 heterocycles. The van der Waals surface area contributed by atoms with Crippen LogP contribution in [0, 0.1) is 0 Å². The van der Waals surface area contributed by atoms with Crippen molar-refractivity contribution in [3.8, 4) is 0 Å². The Morgan fingerprint density at radius 3 is 1.63 bits per heavy atom. The number of unbranched alkanes of at least 4 members (excludes halogenated alkanes) is 7. The Kier molecular flexibility index (Phi) is 14.2. The van der Waals surface area contributed by atoms with Crippen LogP contribution in [0.3, 0.4) is 0 Å². The number of aliphatic hydroxyl groups is 1. The average Bonchev–Trinajstić information content (AvgIpc) is 2.37. The quantitative estimate of drug-likeness (QED) is 0.331. The minimum atomic E-state index is 0. The summed E-state index contributed by atoms with van der Waals surface area (Å²) in [5, 5.41) is 9.74. The molecule has 1 N–H and O–H groups in total. The van der Waals surface area contributed by atoms with Crippen molar-refractivity contribution in [2.75, 3.05) is 19.6 Å². The topological polar surface area (TPSA) is 20.2 Å². The van der Waals surface area contributed by atoms with Crippen LogP contribution in [0.4, 0.5) is 0 Å². The highest BCUT2D eigenvalue weighted by Crippen LogP contribution is 2.17. The molecule has 0 aromatic heterocycles. The van der Waals surface area contributed by atoms with Crippen molar-refractivity contribution in [2.24, 2.45) is 0 Å². The van der Waals surface area contributed by atoms with Crippen LogP contribution in [-0.2, 0) is 0 Å². The van der Waals surface area contributed by atoms with Crippen molar-refractivity contribution in [1.29, 1.82) is 0 Å². The van der Waals surface area contributed by atoms with Gasteiger partial charge < -0.3 is 17.5 Å². The van der Waals surface area contributed by atoms with Crippen LogP contribution < -0.4 is 12.4 Å². The molecule has 0 radical (unpaired) electrons. The van der Waals surface area contributed by atoms with Gasteiger partial charge in [0, 0.05) is 6.58 Å². The van der Waals surface area contributed by atoms with E-state index in [4.69, 9.17) is 0 Å². The van der Waals surface area contributed by atoms with Gasteiger partial charge in [-0.15, -0.1) is 0 Å². The van der Waals surface area contributed by atoms with Gasteiger partial charge in [-0.1, -0.05) is 45.4 Å². The summed E-state index contributed by atoms with van der Waals surface area (Å²) in [6.07, 6.45) is 10.7. The van der Waals surface area contributed by atoms with Gasteiger partial charge in [0.2, 0.25) is 0 Å². The number of rotatable bonds is 12. The summed E-state index contributed by atoms with van der Waals surface area (Å²) in [7, 11) is 0. The third-order valence-corrected chi connectivity index (χ3v) is 4.20. The second-order valence-corrected chi connectivity index (χ2v) is 5.39. The predicted octanol–water partition coefficient (Wildman–Crippen LogP) is 2.02. The lowest BCUT2D eigenvalue weighted by molar-refractivity contribution is -0.902. The molecule has 0 fully saturated rings. The summed E-state index contributed by atoms with van der Waals surface area (Å²) in [6, 6.07) is 0. The normalized spacial score (nSPS) is 11.1. The van der Waals surface area contributed by atoms with E-state index in [0.717, 1.165) is 19.6 Å². The fourth-order valence-electron chi connectivity index (χ4n) is 2.58. The molecule has 0 aliphatic rings. The van der Waals surface area contributed by atoms with Gasteiger partial charge in [-0.25, -0.2) is 0 Å². The molecule has 0 aliphatic heterocycles. The smallest absolute Gasteiger partial charge is 0.281 e. The molecule has 0 unspecified atom stereocenters. The Labute approximate surface area is 126 Å². The lowest BCUT2D eigenvalue weighted by atomic mass is 10.1. The van der Waals surface area contributed by atoms with Crippen molar-refractivity contribution in [3.05, 3.63) is 12.5 Å². The van der Waals surface area contributed by atoms with Gasteiger partial charge in [-0.2, -0.15) is 0 Å². The van der Waals surface area contributed by atoms with Crippen LogP contribution in [0.25, 0.3) is 0 Å². The van der Waals surface area contributed by atoms with Gasteiger partial charge in [-0.05, 0) is 26.7 Å². The molecule has 0 saturated carbocycles. The SMILES string of the molecule is C=C(O)[N+](CC)(CC)CCCCCCCCCC.[Cl-]. The molecule has 3 heteroatoms. The summed E-state index contributed by atoms with van der Waals surface area (Å²) >= 11 is 0. The molecule has 0 saturated heterocycles. The Bertz CT molecular complexity index is 215. The summed E-state index contributed by atoms with van der Waals surface area (Å²) in [4.78, 5) is 0. The van der Waals surface area contributed by atoms with Gasteiger partial charge in [-0.3, -0.25) is 4.48 Å². The summed E-state index contributed by atoms with van der Waals surface area (Å²) < 4.78 is 0.676. The number of hydrogen-bond acceptors (Lipinski definition) is 1. The molecule has 2 nitrogen and oxygen atoms in total. The highest BCUT2D eigenvalue weighted by atomic mass is 35.5. The van der Waals surface area contributed by atoms with Crippen molar-refractivity contribution in [1.82, 2.24) is 0 Å². The number of hydrogen-bond donors (Lipinski definition) is 1. The Morgan fingerprint density at radius 1 is 0.842 bits per heavy atom. The predicted molar refractivity (Wildman–Crippen MR) is 80.6 cm³/mol. The molecular formula is C16H34ClNO. The van der Waals surface area contributed by atoms with E-state index < -0.39 is 0 Å². The molecule has 116 valence electrons. The van der Waals surface area contributed by atoms with Crippen molar-refractivity contribution in [3.63, 3.8) is 0 Å². The number of halogens is 1. The van der Waals surface area contributed by atoms with Crippen molar-refractivity contribution < 1.29 is 22.0 Å². The first-order valence-electron chi connectivity index (χ1n) is 7.87. The number of nitrogens with zero attached hydrogens (tertiary/aromatic N) is 1. The van der Waals surface area contributed by atoms with Gasteiger partial charge in [0.15, 0.2) is 0 Å². The second-order valence-electron chi connectivity index (χ2n) is 5.39. The zero-order chi connectivity index (χ0) is 13.9. The van der Waals surface area contributed by atoms with Gasteiger partial charge in [0.25, 0.3) is 5.88 Å². The molecule has 0 spiro atoms. The Balaban J connectivity index is 0. The maximum atomic E-state index is 9.74. The summed E-state index contributed by atoms with van der Waals surface area (Å²) in [6.45, 7) is 13.2. The van der Waals surface area contributed by atoms with Gasteiger partial charge in [0.05, 0.1) is 19.6 Å². The minimum Gasteiger partial charge on any atom is -1.00 e.